The second-order valence-electron chi connectivity index (χ2n) is 3.86. The summed E-state index contributed by atoms with van der Waals surface area (Å²) in [6, 6.07) is 7.45. The van der Waals surface area contributed by atoms with E-state index in [0.29, 0.717) is 10.7 Å². The number of carbonyl (C=O) groups excluding carboxylic acids is 1. The number of nitrogens with zero attached hydrogens (tertiary/aromatic N) is 1. The van der Waals surface area contributed by atoms with Crippen molar-refractivity contribution in [1.82, 2.24) is 4.98 Å². The summed E-state index contributed by atoms with van der Waals surface area (Å²) in [4.78, 5) is 26.3. The van der Waals surface area contributed by atoms with Crippen LogP contribution in [0, 0.1) is 0 Å². The number of rotatable bonds is 3. The Hall–Kier alpha value is -2.60. The van der Waals surface area contributed by atoms with Gasteiger partial charge in [-0.25, -0.2) is 9.59 Å². The topological polar surface area (TPSA) is 91.3 Å². The summed E-state index contributed by atoms with van der Waals surface area (Å²) < 4.78 is 0. The molecule has 1 aromatic carbocycles. The lowest BCUT2D eigenvalue weighted by molar-refractivity contribution is 0.0696. The second-order valence-corrected chi connectivity index (χ2v) is 4.29. The third kappa shape index (κ3) is 3.69. The van der Waals surface area contributed by atoms with E-state index in [1.54, 1.807) is 24.3 Å². The third-order valence-electron chi connectivity index (χ3n) is 2.33. The molecule has 0 radical (unpaired) electrons. The van der Waals surface area contributed by atoms with Crippen LogP contribution in [0.2, 0.25) is 5.02 Å². The van der Waals surface area contributed by atoms with Gasteiger partial charge in [0.25, 0.3) is 0 Å². The molecule has 0 atom stereocenters. The monoisotopic (exact) mass is 291 g/mol. The van der Waals surface area contributed by atoms with Gasteiger partial charge in [0.05, 0.1) is 17.4 Å². The Morgan fingerprint density at radius 1 is 1.10 bits per heavy atom. The molecule has 3 N–H and O–H groups in total. The Kier molecular flexibility index (Phi) is 4.17. The molecule has 102 valence electrons. The highest BCUT2D eigenvalue weighted by Gasteiger charge is 2.07. The van der Waals surface area contributed by atoms with Crippen LogP contribution in [0.1, 0.15) is 10.4 Å². The zero-order valence-corrected chi connectivity index (χ0v) is 10.9. The minimum absolute atomic E-state index is 0.00874. The summed E-state index contributed by atoms with van der Waals surface area (Å²) >= 11 is 5.80. The van der Waals surface area contributed by atoms with Crippen molar-refractivity contribution in [3.05, 3.63) is 53.3 Å². The van der Waals surface area contributed by atoms with Gasteiger partial charge >= 0.3 is 12.0 Å². The first-order valence-corrected chi connectivity index (χ1v) is 5.94. The molecule has 0 saturated heterocycles. The first-order valence-electron chi connectivity index (χ1n) is 5.56. The fourth-order valence-corrected chi connectivity index (χ4v) is 1.68. The number of aromatic nitrogens is 1. The van der Waals surface area contributed by atoms with Gasteiger partial charge in [-0.3, -0.25) is 4.98 Å². The minimum atomic E-state index is -1.11. The Morgan fingerprint density at radius 2 is 1.85 bits per heavy atom. The van der Waals surface area contributed by atoms with Crippen molar-refractivity contribution in [2.75, 3.05) is 10.6 Å². The Bertz CT molecular complexity index is 661. The van der Waals surface area contributed by atoms with Gasteiger partial charge in [0.1, 0.15) is 0 Å². The average molecular weight is 292 g/mol. The van der Waals surface area contributed by atoms with Crippen molar-refractivity contribution >= 4 is 35.0 Å². The van der Waals surface area contributed by atoms with Gasteiger partial charge in [-0.05, 0) is 24.3 Å². The number of pyridine rings is 1. The van der Waals surface area contributed by atoms with E-state index in [-0.39, 0.29) is 11.3 Å². The Balaban J connectivity index is 2.04. The average Bonchev–Trinajstić information content (AvgIpc) is 2.38. The van der Waals surface area contributed by atoms with Crippen LogP contribution in [0.25, 0.3) is 0 Å². The molecule has 1 heterocycles. The number of hydrogen-bond donors (Lipinski definition) is 3. The quantitative estimate of drug-likeness (QED) is 0.810. The SMILES string of the molecule is O=C(Nc1cccc(Cl)c1)Nc1cncc(C(=O)O)c1. The Morgan fingerprint density at radius 3 is 2.55 bits per heavy atom. The second kappa shape index (κ2) is 6.03. The number of halogens is 1. The molecular weight excluding hydrogens is 282 g/mol. The highest BCUT2D eigenvalue weighted by Crippen LogP contribution is 2.15. The van der Waals surface area contributed by atoms with Crippen molar-refractivity contribution in [1.29, 1.82) is 0 Å². The number of amides is 2. The standard InChI is InChI=1S/C13H10ClN3O3/c14-9-2-1-3-10(5-9)16-13(20)17-11-4-8(12(18)19)6-15-7-11/h1-7H,(H,18,19)(H2,16,17,20). The minimum Gasteiger partial charge on any atom is -0.478 e. The van der Waals surface area contributed by atoms with Crippen molar-refractivity contribution in [2.24, 2.45) is 0 Å². The number of carboxylic acids is 1. The summed E-state index contributed by atoms with van der Waals surface area (Å²) in [6.07, 6.45) is 2.55. The molecule has 0 unspecified atom stereocenters. The molecule has 0 fully saturated rings. The van der Waals surface area contributed by atoms with Crippen molar-refractivity contribution in [2.45, 2.75) is 0 Å². The van der Waals surface area contributed by atoms with Gasteiger partial charge in [-0.15, -0.1) is 0 Å². The predicted octanol–water partition coefficient (Wildman–Crippen LogP) is 3.08. The van der Waals surface area contributed by atoms with E-state index in [2.05, 4.69) is 15.6 Å². The molecule has 0 aliphatic rings. The summed E-state index contributed by atoms with van der Waals surface area (Å²) in [5.41, 5.74) is 0.798. The van der Waals surface area contributed by atoms with E-state index >= 15 is 0 Å². The third-order valence-corrected chi connectivity index (χ3v) is 2.56. The van der Waals surface area contributed by atoms with Crippen molar-refractivity contribution < 1.29 is 14.7 Å². The van der Waals surface area contributed by atoms with E-state index in [9.17, 15) is 9.59 Å². The summed E-state index contributed by atoms with van der Waals surface area (Å²) in [7, 11) is 0. The normalized spacial score (nSPS) is 9.85. The number of aromatic carboxylic acids is 1. The molecule has 0 aliphatic heterocycles. The molecule has 6 nitrogen and oxygen atoms in total. The number of benzene rings is 1. The van der Waals surface area contributed by atoms with Gasteiger partial charge in [-0.1, -0.05) is 17.7 Å². The largest absolute Gasteiger partial charge is 0.478 e. The van der Waals surface area contributed by atoms with Crippen LogP contribution in [0.4, 0.5) is 16.2 Å². The van der Waals surface area contributed by atoms with Crippen LogP contribution in [0.3, 0.4) is 0 Å². The van der Waals surface area contributed by atoms with Gasteiger partial charge < -0.3 is 15.7 Å². The van der Waals surface area contributed by atoms with E-state index < -0.39 is 12.0 Å². The molecule has 0 aliphatic carbocycles. The van der Waals surface area contributed by atoms with Crippen LogP contribution in [0.5, 0.6) is 0 Å². The van der Waals surface area contributed by atoms with Crippen molar-refractivity contribution in [3.8, 4) is 0 Å². The zero-order chi connectivity index (χ0) is 14.5. The number of urea groups is 1. The maximum absolute atomic E-state index is 11.7. The van der Waals surface area contributed by atoms with Crippen LogP contribution in [0.15, 0.2) is 42.7 Å². The first kappa shape index (κ1) is 13.8. The summed E-state index contributed by atoms with van der Waals surface area (Å²) in [5.74, 6) is -1.11. The maximum Gasteiger partial charge on any atom is 0.337 e. The highest BCUT2D eigenvalue weighted by atomic mass is 35.5. The van der Waals surface area contributed by atoms with Crippen LogP contribution < -0.4 is 10.6 Å². The van der Waals surface area contributed by atoms with E-state index in [4.69, 9.17) is 16.7 Å². The fraction of sp³-hybridized carbons (Fsp3) is 0. The van der Waals surface area contributed by atoms with Gasteiger partial charge in [0.15, 0.2) is 0 Å². The first-order chi connectivity index (χ1) is 9.54. The number of nitrogens with one attached hydrogen (secondary N) is 2. The molecule has 7 heteroatoms. The molecule has 0 saturated carbocycles. The van der Waals surface area contributed by atoms with E-state index in [1.165, 1.54) is 18.5 Å². The van der Waals surface area contributed by atoms with Crippen LogP contribution in [-0.2, 0) is 0 Å². The van der Waals surface area contributed by atoms with Gasteiger partial charge in [-0.2, -0.15) is 0 Å². The molecular formula is C13H10ClN3O3. The van der Waals surface area contributed by atoms with Crippen molar-refractivity contribution in [3.63, 3.8) is 0 Å². The number of carboxylic acid groups (broad SMARTS) is 1. The lowest BCUT2D eigenvalue weighted by Gasteiger charge is -2.08. The Labute approximate surface area is 119 Å². The fourth-order valence-electron chi connectivity index (χ4n) is 1.48. The molecule has 0 bridgehead atoms. The maximum atomic E-state index is 11.7. The van der Waals surface area contributed by atoms with Crippen LogP contribution in [-0.4, -0.2) is 22.1 Å². The number of carbonyl (C=O) groups is 2. The summed E-state index contributed by atoms with van der Waals surface area (Å²) in [5, 5.41) is 14.4. The van der Waals surface area contributed by atoms with Gasteiger partial charge in [0.2, 0.25) is 0 Å². The molecule has 0 spiro atoms. The summed E-state index contributed by atoms with van der Waals surface area (Å²) in [6.45, 7) is 0. The zero-order valence-electron chi connectivity index (χ0n) is 10.1. The predicted molar refractivity (Wildman–Crippen MR) is 75.3 cm³/mol. The molecule has 2 amide bonds. The molecule has 2 aromatic rings. The van der Waals surface area contributed by atoms with Crippen LogP contribution >= 0.6 is 11.6 Å². The molecule has 20 heavy (non-hydrogen) atoms. The van der Waals surface area contributed by atoms with Gasteiger partial charge in [0, 0.05) is 16.9 Å². The molecule has 1 aromatic heterocycles. The lowest BCUT2D eigenvalue weighted by atomic mass is 10.2. The van der Waals surface area contributed by atoms with E-state index in [1.807, 2.05) is 0 Å². The highest BCUT2D eigenvalue weighted by molar-refractivity contribution is 6.30. The van der Waals surface area contributed by atoms with E-state index in [0.717, 1.165) is 0 Å². The molecule has 2 rings (SSSR count). The smallest absolute Gasteiger partial charge is 0.337 e. The number of hydrogen-bond acceptors (Lipinski definition) is 3. The lowest BCUT2D eigenvalue weighted by Crippen LogP contribution is -2.19. The number of anilines is 2.